The smallest absolute Gasteiger partial charge is 0.304 e. The summed E-state index contributed by atoms with van der Waals surface area (Å²) in [5, 5.41) is 18.8. The molecule has 2 atom stereocenters. The molecule has 1 N–H and O–H groups in total. The number of fused-ring (bicyclic) bond motifs is 3. The summed E-state index contributed by atoms with van der Waals surface area (Å²) in [6.07, 6.45) is 2.87. The summed E-state index contributed by atoms with van der Waals surface area (Å²) < 4.78 is 37.3. The summed E-state index contributed by atoms with van der Waals surface area (Å²) >= 11 is 6.18. The van der Waals surface area contributed by atoms with Gasteiger partial charge < -0.3 is 9.84 Å². The Hall–Kier alpha value is -3.47. The van der Waals surface area contributed by atoms with E-state index < -0.39 is 21.9 Å². The molecule has 42 heavy (non-hydrogen) atoms. The number of sulfonamides is 1. The van der Waals surface area contributed by atoms with E-state index in [1.165, 1.54) is 10.4 Å². The first-order valence-electron chi connectivity index (χ1n) is 14.2. The molecule has 9 nitrogen and oxygen atoms in total. The highest BCUT2D eigenvalue weighted by atomic mass is 35.5. The third-order valence-electron chi connectivity index (χ3n) is 8.59. The van der Waals surface area contributed by atoms with Crippen LogP contribution in [0.1, 0.15) is 65.5 Å². The highest BCUT2D eigenvalue weighted by molar-refractivity contribution is 7.89. The lowest BCUT2D eigenvalue weighted by Gasteiger charge is -2.25. The molecule has 1 unspecified atom stereocenters. The molecule has 0 saturated carbocycles. The van der Waals surface area contributed by atoms with Crippen LogP contribution in [-0.4, -0.2) is 51.4 Å². The van der Waals surface area contributed by atoms with Crippen LogP contribution in [0.2, 0.25) is 5.02 Å². The van der Waals surface area contributed by atoms with E-state index in [-0.39, 0.29) is 36.3 Å². The van der Waals surface area contributed by atoms with Crippen LogP contribution in [0.15, 0.2) is 47.4 Å². The highest BCUT2D eigenvalue weighted by Gasteiger charge is 2.35. The number of aryl methyl sites for hydroxylation is 3. The molecule has 0 spiro atoms. The number of carboxylic acids is 1. The molecular formula is C31H33ClN4O5S. The normalized spacial score (nSPS) is 18.7. The van der Waals surface area contributed by atoms with Crippen molar-refractivity contribution in [2.45, 2.75) is 69.4 Å². The highest BCUT2D eigenvalue weighted by Crippen LogP contribution is 2.39. The number of rotatable bonds is 7. The van der Waals surface area contributed by atoms with Crippen molar-refractivity contribution in [1.29, 1.82) is 0 Å². The minimum Gasteiger partial charge on any atom is -0.488 e. The number of hydrogen-bond acceptors (Lipinski definition) is 6. The van der Waals surface area contributed by atoms with Gasteiger partial charge in [0.2, 0.25) is 10.0 Å². The van der Waals surface area contributed by atoms with Gasteiger partial charge in [0.25, 0.3) is 0 Å². The van der Waals surface area contributed by atoms with Gasteiger partial charge in [-0.25, -0.2) is 13.1 Å². The Labute approximate surface area is 250 Å². The molecule has 220 valence electrons. The number of hydrogen-bond donors (Lipinski definition) is 1. The standard InChI is InChI=1S/C31H33ClN4O5S/c1-4-23-17-36(42(39,40)29-11-8-22(32)14-28(29)41-23)16-21-13-20(12-19-6-5-7-25(19)21)26(15-30(37)38)24-9-10-27-31(18(24)2)33-34-35(27)3/h8-14,23,26H,4-7,15-17H2,1-3H3,(H,37,38)/t23-,26?/m1/s1. The van der Waals surface area contributed by atoms with Crippen molar-refractivity contribution in [2.24, 2.45) is 7.05 Å². The van der Waals surface area contributed by atoms with Crippen molar-refractivity contribution in [3.63, 3.8) is 0 Å². The van der Waals surface area contributed by atoms with Crippen LogP contribution in [0.5, 0.6) is 5.75 Å². The largest absolute Gasteiger partial charge is 0.488 e. The van der Waals surface area contributed by atoms with Gasteiger partial charge in [0.15, 0.2) is 0 Å². The zero-order valence-corrected chi connectivity index (χ0v) is 25.4. The molecule has 2 aliphatic rings. The second kappa shape index (κ2) is 11.0. The van der Waals surface area contributed by atoms with Gasteiger partial charge in [-0.05, 0) is 84.2 Å². The first-order valence-corrected chi connectivity index (χ1v) is 16.0. The number of aliphatic carboxylic acids is 1. The number of nitrogens with zero attached hydrogens (tertiary/aromatic N) is 4. The fraction of sp³-hybridized carbons (Fsp3) is 0.387. The molecule has 1 aromatic heterocycles. The van der Waals surface area contributed by atoms with Crippen LogP contribution >= 0.6 is 11.6 Å². The second-order valence-corrected chi connectivity index (χ2v) is 13.6. The summed E-state index contributed by atoms with van der Waals surface area (Å²) in [5.74, 6) is -1.07. The quantitative estimate of drug-likeness (QED) is 0.299. The van der Waals surface area contributed by atoms with E-state index in [0.29, 0.717) is 11.4 Å². The Morgan fingerprint density at radius 1 is 1.19 bits per heavy atom. The molecule has 6 rings (SSSR count). The lowest BCUT2D eigenvalue weighted by molar-refractivity contribution is -0.137. The van der Waals surface area contributed by atoms with Crippen molar-refractivity contribution < 1.29 is 23.1 Å². The number of halogens is 1. The summed E-state index contributed by atoms with van der Waals surface area (Å²) in [6.45, 7) is 4.29. The van der Waals surface area contributed by atoms with Gasteiger partial charge in [-0.2, -0.15) is 4.31 Å². The number of carboxylic acid groups (broad SMARTS) is 1. The van der Waals surface area contributed by atoms with Crippen LogP contribution in [0, 0.1) is 6.92 Å². The molecule has 1 aliphatic heterocycles. The predicted octanol–water partition coefficient (Wildman–Crippen LogP) is 5.39. The van der Waals surface area contributed by atoms with E-state index in [9.17, 15) is 18.3 Å². The minimum absolute atomic E-state index is 0.104. The van der Waals surface area contributed by atoms with Gasteiger partial charge in [0.1, 0.15) is 22.3 Å². The van der Waals surface area contributed by atoms with Gasteiger partial charge in [0, 0.05) is 30.6 Å². The maximum Gasteiger partial charge on any atom is 0.304 e. The van der Waals surface area contributed by atoms with Crippen molar-refractivity contribution in [3.8, 4) is 5.75 Å². The molecule has 0 fully saturated rings. The molecular weight excluding hydrogens is 576 g/mol. The zero-order valence-electron chi connectivity index (χ0n) is 23.8. The molecule has 11 heteroatoms. The Bertz CT molecular complexity index is 1820. The van der Waals surface area contributed by atoms with Crippen LogP contribution in [0.3, 0.4) is 0 Å². The average Bonchev–Trinajstić information content (AvgIpc) is 3.55. The molecule has 3 aromatic carbocycles. The first kappa shape index (κ1) is 28.6. The first-order chi connectivity index (χ1) is 20.1. The molecule has 0 saturated heterocycles. The maximum atomic E-state index is 14.0. The summed E-state index contributed by atoms with van der Waals surface area (Å²) in [5.41, 5.74) is 7.46. The van der Waals surface area contributed by atoms with Gasteiger partial charge in [-0.1, -0.05) is 41.9 Å². The number of aromatic nitrogens is 3. The van der Waals surface area contributed by atoms with Crippen molar-refractivity contribution in [3.05, 3.63) is 80.9 Å². The number of benzene rings is 3. The third-order valence-corrected chi connectivity index (χ3v) is 10.7. The monoisotopic (exact) mass is 608 g/mol. The molecule has 0 bridgehead atoms. The van der Waals surface area contributed by atoms with Gasteiger partial charge in [-0.15, -0.1) is 5.10 Å². The second-order valence-electron chi connectivity index (χ2n) is 11.2. The van der Waals surface area contributed by atoms with Gasteiger partial charge in [0.05, 0.1) is 18.5 Å². The number of ether oxygens (including phenoxy) is 1. The topological polar surface area (TPSA) is 115 Å². The van der Waals surface area contributed by atoms with Crippen LogP contribution in [0.4, 0.5) is 0 Å². The van der Waals surface area contributed by atoms with Crippen molar-refractivity contribution in [1.82, 2.24) is 19.3 Å². The minimum atomic E-state index is -3.89. The Balaban J connectivity index is 1.45. The van der Waals surface area contributed by atoms with E-state index in [1.807, 2.05) is 39.1 Å². The van der Waals surface area contributed by atoms with E-state index in [0.717, 1.165) is 63.7 Å². The molecule has 0 amide bonds. The zero-order chi connectivity index (χ0) is 29.8. The van der Waals surface area contributed by atoms with Gasteiger partial charge in [-0.3, -0.25) is 4.79 Å². The third kappa shape index (κ3) is 5.05. The van der Waals surface area contributed by atoms with Crippen molar-refractivity contribution in [2.75, 3.05) is 6.54 Å². The summed E-state index contributed by atoms with van der Waals surface area (Å²) in [6, 6.07) is 12.7. The molecule has 0 radical (unpaired) electrons. The van der Waals surface area contributed by atoms with E-state index >= 15 is 0 Å². The lowest BCUT2D eigenvalue weighted by atomic mass is 9.83. The maximum absolute atomic E-state index is 14.0. The fourth-order valence-corrected chi connectivity index (χ4v) is 8.11. The summed E-state index contributed by atoms with van der Waals surface area (Å²) in [4.78, 5) is 12.3. The van der Waals surface area contributed by atoms with Crippen LogP contribution in [-0.2, 0) is 41.3 Å². The fourth-order valence-electron chi connectivity index (χ4n) is 6.40. The van der Waals surface area contributed by atoms with E-state index in [4.69, 9.17) is 16.3 Å². The number of carbonyl (C=O) groups is 1. The van der Waals surface area contributed by atoms with E-state index in [1.54, 1.807) is 16.8 Å². The Morgan fingerprint density at radius 2 is 2.00 bits per heavy atom. The summed E-state index contributed by atoms with van der Waals surface area (Å²) in [7, 11) is -2.06. The average molecular weight is 609 g/mol. The molecule has 1 aliphatic carbocycles. The predicted molar refractivity (Wildman–Crippen MR) is 160 cm³/mol. The van der Waals surface area contributed by atoms with E-state index in [2.05, 4.69) is 16.4 Å². The molecule has 4 aromatic rings. The van der Waals surface area contributed by atoms with Crippen LogP contribution < -0.4 is 4.74 Å². The Morgan fingerprint density at radius 3 is 2.76 bits per heavy atom. The van der Waals surface area contributed by atoms with Crippen LogP contribution in [0.25, 0.3) is 11.0 Å². The van der Waals surface area contributed by atoms with Gasteiger partial charge >= 0.3 is 5.97 Å². The SMILES string of the molecule is CC[C@@H]1CN(Cc2cc(C(CC(=O)O)c3ccc4c(nnn4C)c3C)cc3c2CCC3)S(=O)(=O)c2ccc(Cl)cc2O1. The Kier molecular flexibility index (Phi) is 7.49. The lowest BCUT2D eigenvalue weighted by Crippen LogP contribution is -2.36. The molecule has 2 heterocycles. The van der Waals surface area contributed by atoms with Crippen molar-refractivity contribution >= 4 is 38.6 Å².